The van der Waals surface area contributed by atoms with Gasteiger partial charge in [-0.05, 0) is 37.5 Å². The van der Waals surface area contributed by atoms with Gasteiger partial charge in [-0.15, -0.1) is 0 Å². The van der Waals surface area contributed by atoms with Crippen LogP contribution in [0.15, 0.2) is 18.2 Å². The Morgan fingerprint density at radius 2 is 2.05 bits per heavy atom. The summed E-state index contributed by atoms with van der Waals surface area (Å²) in [5, 5.41) is 0.979. The maximum atomic E-state index is 10.9. The number of primary amides is 1. The maximum absolute atomic E-state index is 10.9. The van der Waals surface area contributed by atoms with Crippen LogP contribution in [0.5, 0.6) is 5.75 Å². The fraction of sp³-hybridized carbons (Fsp3) is 0.333. The Morgan fingerprint density at radius 1 is 1.32 bits per heavy atom. The second kappa shape index (κ2) is 5.26. The number of amides is 1. The normalized spacial score (nSPS) is 10.7. The average molecular weight is 258 g/mol. The van der Waals surface area contributed by atoms with E-state index >= 15 is 0 Å². The zero-order valence-corrected chi connectivity index (χ0v) is 11.5. The molecule has 19 heavy (non-hydrogen) atoms. The van der Waals surface area contributed by atoms with Crippen LogP contribution in [0.25, 0.3) is 10.9 Å². The Kier molecular flexibility index (Phi) is 3.69. The van der Waals surface area contributed by atoms with Gasteiger partial charge < -0.3 is 10.5 Å². The van der Waals surface area contributed by atoms with E-state index in [1.807, 2.05) is 26.0 Å². The summed E-state index contributed by atoms with van der Waals surface area (Å²) in [6, 6.07) is 5.99. The fourth-order valence-corrected chi connectivity index (χ4v) is 2.25. The molecule has 0 aliphatic carbocycles. The minimum absolute atomic E-state index is 0.285. The van der Waals surface area contributed by atoms with Gasteiger partial charge in [-0.25, -0.2) is 0 Å². The first-order valence-corrected chi connectivity index (χ1v) is 6.24. The lowest BCUT2D eigenvalue weighted by Gasteiger charge is -2.11. The molecule has 2 rings (SSSR count). The van der Waals surface area contributed by atoms with Crippen molar-refractivity contribution in [3.05, 3.63) is 35.0 Å². The molecule has 1 aromatic carbocycles. The molecule has 0 bridgehead atoms. The van der Waals surface area contributed by atoms with Crippen molar-refractivity contribution in [2.45, 2.75) is 26.7 Å². The number of carbonyl (C=O) groups is 1. The van der Waals surface area contributed by atoms with Gasteiger partial charge in [0.05, 0.1) is 12.6 Å². The van der Waals surface area contributed by atoms with E-state index in [0.29, 0.717) is 12.8 Å². The van der Waals surface area contributed by atoms with E-state index in [9.17, 15) is 4.79 Å². The van der Waals surface area contributed by atoms with Gasteiger partial charge in [-0.2, -0.15) is 0 Å². The number of aromatic nitrogens is 1. The monoisotopic (exact) mass is 258 g/mol. The van der Waals surface area contributed by atoms with E-state index in [4.69, 9.17) is 10.5 Å². The van der Waals surface area contributed by atoms with Crippen molar-refractivity contribution in [3.8, 4) is 5.75 Å². The summed E-state index contributed by atoms with van der Waals surface area (Å²) >= 11 is 0. The number of nitrogens with two attached hydrogens (primary N) is 1. The fourth-order valence-electron chi connectivity index (χ4n) is 2.25. The van der Waals surface area contributed by atoms with Crippen LogP contribution in [-0.2, 0) is 11.2 Å². The molecule has 0 fully saturated rings. The van der Waals surface area contributed by atoms with Gasteiger partial charge in [-0.3, -0.25) is 9.78 Å². The lowest BCUT2D eigenvalue weighted by molar-refractivity contribution is -0.117. The van der Waals surface area contributed by atoms with E-state index in [1.54, 1.807) is 7.11 Å². The molecule has 4 heteroatoms. The van der Waals surface area contributed by atoms with Crippen molar-refractivity contribution >= 4 is 16.8 Å². The van der Waals surface area contributed by atoms with E-state index in [0.717, 1.165) is 33.5 Å². The molecule has 2 N–H and O–H groups in total. The Morgan fingerprint density at radius 3 is 2.68 bits per heavy atom. The number of pyridine rings is 1. The van der Waals surface area contributed by atoms with Crippen molar-refractivity contribution in [3.63, 3.8) is 0 Å². The highest BCUT2D eigenvalue weighted by atomic mass is 16.5. The van der Waals surface area contributed by atoms with E-state index in [-0.39, 0.29) is 5.91 Å². The summed E-state index contributed by atoms with van der Waals surface area (Å²) in [6.07, 6.45) is 0.996. The molecule has 1 aromatic heterocycles. The molecule has 0 aliphatic heterocycles. The molecular weight excluding hydrogens is 240 g/mol. The summed E-state index contributed by atoms with van der Waals surface area (Å²) in [6.45, 7) is 3.96. The van der Waals surface area contributed by atoms with Crippen molar-refractivity contribution in [1.29, 1.82) is 0 Å². The molecule has 4 nitrogen and oxygen atoms in total. The van der Waals surface area contributed by atoms with Gasteiger partial charge in [0, 0.05) is 23.6 Å². The standard InChI is InChI=1S/C15H18N2O2/c1-9-6-11(4-5-14(16)18)8-12-13(19-3)7-10(2)17-15(9)12/h6-8H,4-5H2,1-3H3,(H2,16,18). The molecule has 1 amide bonds. The first-order chi connectivity index (χ1) is 9.01. The molecule has 0 aliphatic rings. The number of carbonyl (C=O) groups excluding carboxylic acids is 1. The lowest BCUT2D eigenvalue weighted by Crippen LogP contribution is -2.11. The van der Waals surface area contributed by atoms with Crippen LogP contribution in [0.2, 0.25) is 0 Å². The minimum Gasteiger partial charge on any atom is -0.496 e. The van der Waals surface area contributed by atoms with Crippen LogP contribution in [0.4, 0.5) is 0 Å². The van der Waals surface area contributed by atoms with E-state index in [1.165, 1.54) is 0 Å². The number of fused-ring (bicyclic) bond motifs is 1. The molecule has 2 aromatic rings. The number of hydrogen-bond acceptors (Lipinski definition) is 3. The van der Waals surface area contributed by atoms with Crippen molar-refractivity contribution in [1.82, 2.24) is 4.98 Å². The average Bonchev–Trinajstić information content (AvgIpc) is 2.36. The molecular formula is C15H18N2O2. The minimum atomic E-state index is -0.285. The van der Waals surface area contributed by atoms with Gasteiger partial charge in [0.1, 0.15) is 5.75 Å². The predicted octanol–water partition coefficient (Wildman–Crippen LogP) is 2.28. The number of methoxy groups -OCH3 is 1. The molecule has 0 atom stereocenters. The second-order valence-corrected chi connectivity index (χ2v) is 4.74. The number of ether oxygens (including phenoxy) is 1. The molecule has 0 spiro atoms. The smallest absolute Gasteiger partial charge is 0.217 e. The first kappa shape index (κ1) is 13.3. The topological polar surface area (TPSA) is 65.2 Å². The summed E-state index contributed by atoms with van der Waals surface area (Å²) in [5.41, 5.74) is 9.22. The molecule has 100 valence electrons. The third kappa shape index (κ3) is 2.84. The molecule has 0 saturated carbocycles. The first-order valence-electron chi connectivity index (χ1n) is 6.24. The van der Waals surface area contributed by atoms with Crippen LogP contribution in [0, 0.1) is 13.8 Å². The largest absolute Gasteiger partial charge is 0.496 e. The summed E-state index contributed by atoms with van der Waals surface area (Å²) in [4.78, 5) is 15.4. The van der Waals surface area contributed by atoms with Crippen LogP contribution >= 0.6 is 0 Å². The van der Waals surface area contributed by atoms with Crippen LogP contribution in [0.1, 0.15) is 23.2 Å². The Bertz CT molecular complexity index is 636. The van der Waals surface area contributed by atoms with Gasteiger partial charge in [0.15, 0.2) is 0 Å². The summed E-state index contributed by atoms with van der Waals surface area (Å²) in [7, 11) is 1.65. The van der Waals surface area contributed by atoms with Crippen LogP contribution in [0.3, 0.4) is 0 Å². The Hall–Kier alpha value is -2.10. The number of hydrogen-bond donors (Lipinski definition) is 1. The highest BCUT2D eigenvalue weighted by Crippen LogP contribution is 2.29. The molecule has 0 saturated heterocycles. The number of aryl methyl sites for hydroxylation is 3. The summed E-state index contributed by atoms with van der Waals surface area (Å²) < 4.78 is 5.41. The maximum Gasteiger partial charge on any atom is 0.217 e. The Balaban J connectivity index is 2.54. The van der Waals surface area contributed by atoms with Crippen molar-refractivity contribution < 1.29 is 9.53 Å². The van der Waals surface area contributed by atoms with E-state index < -0.39 is 0 Å². The third-order valence-corrected chi connectivity index (χ3v) is 3.13. The van der Waals surface area contributed by atoms with Gasteiger partial charge in [0.2, 0.25) is 5.91 Å². The quantitative estimate of drug-likeness (QED) is 0.915. The van der Waals surface area contributed by atoms with Gasteiger partial charge in [0.25, 0.3) is 0 Å². The van der Waals surface area contributed by atoms with Crippen molar-refractivity contribution in [2.24, 2.45) is 5.73 Å². The molecule has 0 unspecified atom stereocenters. The zero-order chi connectivity index (χ0) is 14.0. The lowest BCUT2D eigenvalue weighted by atomic mass is 10.0. The number of nitrogens with zero attached hydrogens (tertiary/aromatic N) is 1. The zero-order valence-electron chi connectivity index (χ0n) is 11.5. The van der Waals surface area contributed by atoms with Gasteiger partial charge in [-0.1, -0.05) is 6.07 Å². The second-order valence-electron chi connectivity index (χ2n) is 4.74. The third-order valence-electron chi connectivity index (χ3n) is 3.13. The summed E-state index contributed by atoms with van der Waals surface area (Å²) in [5.74, 6) is 0.526. The van der Waals surface area contributed by atoms with Crippen LogP contribution < -0.4 is 10.5 Å². The highest BCUT2D eigenvalue weighted by Gasteiger charge is 2.09. The van der Waals surface area contributed by atoms with Crippen molar-refractivity contribution in [2.75, 3.05) is 7.11 Å². The molecule has 1 heterocycles. The SMILES string of the molecule is COc1cc(C)nc2c(C)cc(CCC(N)=O)cc12. The van der Waals surface area contributed by atoms with E-state index in [2.05, 4.69) is 11.1 Å². The predicted molar refractivity (Wildman–Crippen MR) is 75.3 cm³/mol. The van der Waals surface area contributed by atoms with Crippen LogP contribution in [-0.4, -0.2) is 18.0 Å². The Labute approximate surface area is 112 Å². The molecule has 0 radical (unpaired) electrons. The highest BCUT2D eigenvalue weighted by molar-refractivity contribution is 5.88. The number of rotatable bonds is 4. The van der Waals surface area contributed by atoms with Gasteiger partial charge >= 0.3 is 0 Å². The number of benzene rings is 1.